The molecule has 0 bridgehead atoms. The zero-order chi connectivity index (χ0) is 10.5. The third-order valence-electron chi connectivity index (χ3n) is 2.55. The lowest BCUT2D eigenvalue weighted by atomic mass is 10.2. The zero-order valence-electron chi connectivity index (χ0n) is 8.98. The molecule has 0 amide bonds. The van der Waals surface area contributed by atoms with Crippen molar-refractivity contribution in [1.82, 2.24) is 4.90 Å². The SMILES string of the molecule is C=C1COCCN(Cc2ccccc2)C1. The highest BCUT2D eigenvalue weighted by molar-refractivity contribution is 5.15. The van der Waals surface area contributed by atoms with Gasteiger partial charge in [0, 0.05) is 19.6 Å². The molecule has 0 unspecified atom stereocenters. The van der Waals surface area contributed by atoms with Crippen molar-refractivity contribution in [3.05, 3.63) is 48.0 Å². The molecule has 0 saturated carbocycles. The van der Waals surface area contributed by atoms with E-state index in [1.54, 1.807) is 0 Å². The van der Waals surface area contributed by atoms with Gasteiger partial charge in [0.1, 0.15) is 0 Å². The summed E-state index contributed by atoms with van der Waals surface area (Å²) < 4.78 is 5.43. The first-order chi connectivity index (χ1) is 7.34. The van der Waals surface area contributed by atoms with Gasteiger partial charge >= 0.3 is 0 Å². The second-order valence-corrected chi connectivity index (χ2v) is 4.00. The summed E-state index contributed by atoms with van der Waals surface area (Å²) in [7, 11) is 0. The molecular formula is C13H17NO. The number of hydrogen-bond acceptors (Lipinski definition) is 2. The molecule has 0 radical (unpaired) electrons. The van der Waals surface area contributed by atoms with Gasteiger partial charge in [0.2, 0.25) is 0 Å². The number of rotatable bonds is 2. The Morgan fingerprint density at radius 1 is 1.27 bits per heavy atom. The van der Waals surface area contributed by atoms with Gasteiger partial charge in [-0.1, -0.05) is 36.9 Å². The Morgan fingerprint density at radius 3 is 2.87 bits per heavy atom. The first-order valence-electron chi connectivity index (χ1n) is 5.35. The van der Waals surface area contributed by atoms with Gasteiger partial charge in [-0.05, 0) is 11.1 Å². The van der Waals surface area contributed by atoms with Gasteiger partial charge in [0.15, 0.2) is 0 Å². The second-order valence-electron chi connectivity index (χ2n) is 4.00. The maximum Gasteiger partial charge on any atom is 0.0687 e. The molecule has 0 aromatic heterocycles. The normalized spacial score (nSPS) is 18.8. The van der Waals surface area contributed by atoms with Gasteiger partial charge in [0.05, 0.1) is 13.2 Å². The molecule has 1 saturated heterocycles. The van der Waals surface area contributed by atoms with Crippen LogP contribution >= 0.6 is 0 Å². The minimum absolute atomic E-state index is 0.714. The molecule has 0 aliphatic carbocycles. The predicted molar refractivity (Wildman–Crippen MR) is 61.7 cm³/mol. The Labute approximate surface area is 91.2 Å². The minimum Gasteiger partial charge on any atom is -0.376 e. The van der Waals surface area contributed by atoms with Crippen molar-refractivity contribution in [2.24, 2.45) is 0 Å². The minimum atomic E-state index is 0.714. The van der Waals surface area contributed by atoms with Gasteiger partial charge in [-0.3, -0.25) is 4.90 Å². The third-order valence-corrected chi connectivity index (χ3v) is 2.55. The Kier molecular flexibility index (Phi) is 3.54. The van der Waals surface area contributed by atoms with E-state index in [1.165, 1.54) is 11.1 Å². The van der Waals surface area contributed by atoms with Crippen molar-refractivity contribution in [2.45, 2.75) is 6.54 Å². The Morgan fingerprint density at radius 2 is 2.07 bits per heavy atom. The van der Waals surface area contributed by atoms with Crippen LogP contribution in [0, 0.1) is 0 Å². The van der Waals surface area contributed by atoms with E-state index in [2.05, 4.69) is 35.7 Å². The Hall–Kier alpha value is -1.12. The number of benzene rings is 1. The van der Waals surface area contributed by atoms with Crippen molar-refractivity contribution < 1.29 is 4.74 Å². The van der Waals surface area contributed by atoms with Crippen LogP contribution in [0.3, 0.4) is 0 Å². The number of ether oxygens (including phenoxy) is 1. The van der Waals surface area contributed by atoms with E-state index in [0.717, 1.165) is 26.2 Å². The number of nitrogens with zero attached hydrogens (tertiary/aromatic N) is 1. The zero-order valence-corrected chi connectivity index (χ0v) is 8.98. The van der Waals surface area contributed by atoms with Crippen LogP contribution in [0.25, 0.3) is 0 Å². The summed E-state index contributed by atoms with van der Waals surface area (Å²) >= 11 is 0. The molecule has 0 spiro atoms. The molecule has 1 fully saturated rings. The fraction of sp³-hybridized carbons (Fsp3) is 0.385. The van der Waals surface area contributed by atoms with Gasteiger partial charge in [-0.15, -0.1) is 0 Å². The summed E-state index contributed by atoms with van der Waals surface area (Å²) in [6.07, 6.45) is 0. The molecule has 2 heteroatoms. The highest BCUT2D eigenvalue weighted by atomic mass is 16.5. The number of hydrogen-bond donors (Lipinski definition) is 0. The van der Waals surface area contributed by atoms with E-state index >= 15 is 0 Å². The lowest BCUT2D eigenvalue weighted by Crippen LogP contribution is -2.26. The predicted octanol–water partition coefficient (Wildman–Crippen LogP) is 2.08. The topological polar surface area (TPSA) is 12.5 Å². The van der Waals surface area contributed by atoms with Gasteiger partial charge in [-0.25, -0.2) is 0 Å². The largest absolute Gasteiger partial charge is 0.376 e. The summed E-state index contributed by atoms with van der Waals surface area (Å²) in [6, 6.07) is 10.5. The second kappa shape index (κ2) is 5.10. The average molecular weight is 203 g/mol. The van der Waals surface area contributed by atoms with Crippen LogP contribution < -0.4 is 0 Å². The van der Waals surface area contributed by atoms with Crippen LogP contribution in [-0.2, 0) is 11.3 Å². The van der Waals surface area contributed by atoms with Crippen LogP contribution in [0.5, 0.6) is 0 Å². The van der Waals surface area contributed by atoms with Gasteiger partial charge < -0.3 is 4.74 Å². The van der Waals surface area contributed by atoms with Crippen LogP contribution in [-0.4, -0.2) is 31.2 Å². The Bertz CT molecular complexity index is 321. The fourth-order valence-corrected chi connectivity index (χ4v) is 1.83. The van der Waals surface area contributed by atoms with E-state index in [0.29, 0.717) is 6.61 Å². The molecule has 15 heavy (non-hydrogen) atoms. The van der Waals surface area contributed by atoms with Gasteiger partial charge in [0.25, 0.3) is 0 Å². The van der Waals surface area contributed by atoms with E-state index < -0.39 is 0 Å². The van der Waals surface area contributed by atoms with Crippen molar-refractivity contribution >= 4 is 0 Å². The highest BCUT2D eigenvalue weighted by Gasteiger charge is 2.11. The summed E-state index contributed by atoms with van der Waals surface area (Å²) in [5, 5.41) is 0. The van der Waals surface area contributed by atoms with Gasteiger partial charge in [-0.2, -0.15) is 0 Å². The summed E-state index contributed by atoms with van der Waals surface area (Å²) in [5.41, 5.74) is 2.52. The summed E-state index contributed by atoms with van der Waals surface area (Å²) in [6.45, 7) is 8.46. The van der Waals surface area contributed by atoms with Crippen molar-refractivity contribution in [1.29, 1.82) is 0 Å². The lowest BCUT2D eigenvalue weighted by Gasteiger charge is -2.19. The van der Waals surface area contributed by atoms with Crippen molar-refractivity contribution in [3.8, 4) is 0 Å². The molecule has 80 valence electrons. The molecule has 1 aliphatic heterocycles. The van der Waals surface area contributed by atoms with Crippen LogP contribution in [0.1, 0.15) is 5.56 Å². The fourth-order valence-electron chi connectivity index (χ4n) is 1.83. The van der Waals surface area contributed by atoms with E-state index in [9.17, 15) is 0 Å². The molecule has 0 atom stereocenters. The first kappa shape index (κ1) is 10.4. The maximum absolute atomic E-state index is 5.43. The van der Waals surface area contributed by atoms with Crippen LogP contribution in [0.2, 0.25) is 0 Å². The van der Waals surface area contributed by atoms with E-state index in [1.807, 2.05) is 6.07 Å². The molecule has 1 aliphatic rings. The molecule has 2 nitrogen and oxygen atoms in total. The quantitative estimate of drug-likeness (QED) is 0.682. The standard InChI is InChI=1S/C13H17NO/c1-12-9-14(7-8-15-11-12)10-13-5-3-2-4-6-13/h2-6H,1,7-11H2. The highest BCUT2D eigenvalue weighted by Crippen LogP contribution is 2.09. The molecular weight excluding hydrogens is 186 g/mol. The molecule has 1 aromatic carbocycles. The maximum atomic E-state index is 5.43. The summed E-state index contributed by atoms with van der Waals surface area (Å²) in [5.74, 6) is 0. The molecule has 1 aromatic rings. The first-order valence-corrected chi connectivity index (χ1v) is 5.35. The van der Waals surface area contributed by atoms with Crippen molar-refractivity contribution in [2.75, 3.05) is 26.3 Å². The Balaban J connectivity index is 1.96. The molecule has 2 rings (SSSR count). The van der Waals surface area contributed by atoms with E-state index in [-0.39, 0.29) is 0 Å². The van der Waals surface area contributed by atoms with E-state index in [4.69, 9.17) is 4.74 Å². The third kappa shape index (κ3) is 3.18. The monoisotopic (exact) mass is 203 g/mol. The lowest BCUT2D eigenvalue weighted by molar-refractivity contribution is 0.149. The summed E-state index contributed by atoms with van der Waals surface area (Å²) in [4.78, 5) is 2.38. The van der Waals surface area contributed by atoms with Crippen LogP contribution in [0.15, 0.2) is 42.5 Å². The smallest absolute Gasteiger partial charge is 0.0687 e. The molecule has 1 heterocycles. The molecule has 0 N–H and O–H groups in total. The van der Waals surface area contributed by atoms with Crippen LogP contribution in [0.4, 0.5) is 0 Å². The van der Waals surface area contributed by atoms with Crippen molar-refractivity contribution in [3.63, 3.8) is 0 Å². The average Bonchev–Trinajstić information content (AvgIpc) is 2.44.